The molecule has 0 radical (unpaired) electrons. The van der Waals surface area contributed by atoms with Crippen molar-refractivity contribution in [1.29, 1.82) is 0 Å². The van der Waals surface area contributed by atoms with E-state index in [2.05, 4.69) is 13.8 Å². The lowest BCUT2D eigenvalue weighted by Gasteiger charge is -2.17. The summed E-state index contributed by atoms with van der Waals surface area (Å²) in [6.45, 7) is 4.55. The Morgan fingerprint density at radius 1 is 1.04 bits per heavy atom. The smallest absolute Gasteiger partial charge is 0.328 e. The van der Waals surface area contributed by atoms with Gasteiger partial charge in [-0.2, -0.15) is 0 Å². The van der Waals surface area contributed by atoms with Crippen LogP contribution >= 0.6 is 0 Å². The van der Waals surface area contributed by atoms with E-state index < -0.39 is 6.10 Å². The van der Waals surface area contributed by atoms with Crippen molar-refractivity contribution >= 4 is 11.0 Å². The normalized spacial score (nSPS) is 12.7. The first-order chi connectivity index (χ1) is 12.0. The van der Waals surface area contributed by atoms with Crippen LogP contribution in [-0.2, 0) is 13.6 Å². The van der Waals surface area contributed by atoms with Crippen molar-refractivity contribution in [2.24, 2.45) is 7.05 Å². The molecule has 3 aromatic rings. The van der Waals surface area contributed by atoms with Gasteiger partial charge in [-0.15, -0.1) is 0 Å². The third-order valence-corrected chi connectivity index (χ3v) is 4.42. The van der Waals surface area contributed by atoms with Crippen LogP contribution in [0.4, 0.5) is 0 Å². The van der Waals surface area contributed by atoms with Crippen molar-refractivity contribution < 1.29 is 9.84 Å². The summed E-state index contributed by atoms with van der Waals surface area (Å²) in [5.41, 5.74) is 2.64. The standard InChI is InChI=1S/C20H24N2O3/c1-14(2)16-8-4-7-11-19(16)25-13-15(23)12-22-18-10-6-5-9-17(18)21(3)20(22)24/h4-11,14-15,23H,12-13H2,1-3H3/t15-/m0/s1. The van der Waals surface area contributed by atoms with Gasteiger partial charge in [-0.1, -0.05) is 44.2 Å². The number of hydrogen-bond acceptors (Lipinski definition) is 3. The highest BCUT2D eigenvalue weighted by atomic mass is 16.5. The molecule has 0 aliphatic rings. The predicted molar refractivity (Wildman–Crippen MR) is 99.2 cm³/mol. The summed E-state index contributed by atoms with van der Waals surface area (Å²) in [5.74, 6) is 1.12. The maximum absolute atomic E-state index is 12.4. The molecule has 5 heteroatoms. The molecule has 0 aliphatic carbocycles. The molecule has 25 heavy (non-hydrogen) atoms. The second-order valence-corrected chi connectivity index (χ2v) is 6.60. The summed E-state index contributed by atoms with van der Waals surface area (Å²) in [5, 5.41) is 10.4. The van der Waals surface area contributed by atoms with Crippen molar-refractivity contribution in [3.8, 4) is 5.75 Å². The fourth-order valence-electron chi connectivity index (χ4n) is 3.08. The molecule has 5 nitrogen and oxygen atoms in total. The Hall–Kier alpha value is -2.53. The second kappa shape index (κ2) is 7.15. The Kier molecular flexibility index (Phi) is 4.95. The predicted octanol–water partition coefficient (Wildman–Crippen LogP) is 2.90. The van der Waals surface area contributed by atoms with E-state index in [9.17, 15) is 9.90 Å². The Bertz CT molecular complexity index is 924. The van der Waals surface area contributed by atoms with Crippen LogP contribution in [0.2, 0.25) is 0 Å². The molecule has 0 saturated carbocycles. The number of ether oxygens (including phenoxy) is 1. The van der Waals surface area contributed by atoms with Crippen LogP contribution in [-0.4, -0.2) is 27.0 Å². The van der Waals surface area contributed by atoms with E-state index in [4.69, 9.17) is 4.74 Å². The zero-order chi connectivity index (χ0) is 18.0. The fraction of sp³-hybridized carbons (Fsp3) is 0.350. The molecule has 2 aromatic carbocycles. The van der Waals surface area contributed by atoms with E-state index in [0.29, 0.717) is 5.92 Å². The zero-order valence-corrected chi connectivity index (χ0v) is 14.8. The van der Waals surface area contributed by atoms with Crippen molar-refractivity contribution in [2.45, 2.75) is 32.4 Å². The van der Waals surface area contributed by atoms with Crippen molar-refractivity contribution in [3.05, 3.63) is 64.6 Å². The molecule has 132 valence electrons. The van der Waals surface area contributed by atoms with Gasteiger partial charge in [0.1, 0.15) is 18.5 Å². The maximum atomic E-state index is 12.4. The van der Waals surface area contributed by atoms with Crippen molar-refractivity contribution in [1.82, 2.24) is 9.13 Å². The molecular formula is C20H24N2O3. The largest absolute Gasteiger partial charge is 0.491 e. The average molecular weight is 340 g/mol. The summed E-state index contributed by atoms with van der Waals surface area (Å²) in [6, 6.07) is 15.4. The van der Waals surface area contributed by atoms with Crippen LogP contribution in [0.25, 0.3) is 11.0 Å². The Morgan fingerprint density at radius 2 is 1.68 bits per heavy atom. The van der Waals surface area contributed by atoms with Crippen LogP contribution in [0.15, 0.2) is 53.3 Å². The summed E-state index contributed by atoms with van der Waals surface area (Å²) in [7, 11) is 1.74. The first-order valence-corrected chi connectivity index (χ1v) is 8.53. The van der Waals surface area contributed by atoms with E-state index in [0.717, 1.165) is 22.3 Å². The molecule has 0 amide bonds. The van der Waals surface area contributed by atoms with Gasteiger partial charge < -0.3 is 9.84 Å². The van der Waals surface area contributed by atoms with Gasteiger partial charge in [0.25, 0.3) is 0 Å². The molecule has 0 aliphatic heterocycles. The monoisotopic (exact) mass is 340 g/mol. The van der Waals surface area contributed by atoms with Crippen LogP contribution in [0.5, 0.6) is 5.75 Å². The number of aliphatic hydroxyl groups is 1. The molecule has 1 heterocycles. The minimum atomic E-state index is -0.774. The molecule has 0 fully saturated rings. The maximum Gasteiger partial charge on any atom is 0.328 e. The first kappa shape index (κ1) is 17.3. The van der Waals surface area contributed by atoms with Gasteiger partial charge in [0.05, 0.1) is 17.6 Å². The molecule has 1 aromatic heterocycles. The summed E-state index contributed by atoms with van der Waals surface area (Å²) in [6.07, 6.45) is -0.774. The fourth-order valence-corrected chi connectivity index (χ4v) is 3.08. The Morgan fingerprint density at radius 3 is 2.40 bits per heavy atom. The van der Waals surface area contributed by atoms with Gasteiger partial charge >= 0.3 is 5.69 Å². The van der Waals surface area contributed by atoms with E-state index in [1.807, 2.05) is 48.5 Å². The molecule has 3 rings (SSSR count). The highest BCUT2D eigenvalue weighted by Gasteiger charge is 2.15. The number of nitrogens with zero attached hydrogens (tertiary/aromatic N) is 2. The van der Waals surface area contributed by atoms with E-state index >= 15 is 0 Å². The van der Waals surface area contributed by atoms with E-state index in [1.165, 1.54) is 0 Å². The van der Waals surface area contributed by atoms with Gasteiger partial charge in [0.15, 0.2) is 0 Å². The summed E-state index contributed by atoms with van der Waals surface area (Å²) >= 11 is 0. The molecule has 0 unspecified atom stereocenters. The van der Waals surface area contributed by atoms with E-state index in [1.54, 1.807) is 16.2 Å². The lowest BCUT2D eigenvalue weighted by Crippen LogP contribution is -2.30. The number of para-hydroxylation sites is 3. The van der Waals surface area contributed by atoms with Crippen molar-refractivity contribution in [3.63, 3.8) is 0 Å². The highest BCUT2D eigenvalue weighted by Crippen LogP contribution is 2.26. The number of aryl methyl sites for hydroxylation is 1. The van der Waals surface area contributed by atoms with E-state index in [-0.39, 0.29) is 18.8 Å². The number of imidazole rings is 1. The van der Waals surface area contributed by atoms with Gasteiger partial charge in [-0.05, 0) is 29.7 Å². The number of hydrogen-bond donors (Lipinski definition) is 1. The lowest BCUT2D eigenvalue weighted by molar-refractivity contribution is 0.0919. The molecule has 1 N–H and O–H groups in total. The third kappa shape index (κ3) is 3.46. The minimum absolute atomic E-state index is 0.136. The molecule has 0 bridgehead atoms. The van der Waals surface area contributed by atoms with Gasteiger partial charge in [-0.25, -0.2) is 4.79 Å². The summed E-state index contributed by atoms with van der Waals surface area (Å²) in [4.78, 5) is 12.4. The Labute approximate surface area is 147 Å². The number of rotatable bonds is 6. The molecular weight excluding hydrogens is 316 g/mol. The lowest BCUT2D eigenvalue weighted by atomic mass is 10.0. The van der Waals surface area contributed by atoms with Gasteiger partial charge in [0, 0.05) is 7.05 Å². The average Bonchev–Trinajstić information content (AvgIpc) is 2.85. The topological polar surface area (TPSA) is 56.4 Å². The minimum Gasteiger partial charge on any atom is -0.491 e. The highest BCUT2D eigenvalue weighted by molar-refractivity contribution is 5.75. The molecule has 1 atom stereocenters. The number of aromatic nitrogens is 2. The van der Waals surface area contributed by atoms with Crippen LogP contribution in [0.1, 0.15) is 25.3 Å². The quantitative estimate of drug-likeness (QED) is 0.751. The zero-order valence-electron chi connectivity index (χ0n) is 14.8. The number of benzene rings is 2. The third-order valence-electron chi connectivity index (χ3n) is 4.42. The number of fused-ring (bicyclic) bond motifs is 1. The second-order valence-electron chi connectivity index (χ2n) is 6.60. The van der Waals surface area contributed by atoms with Gasteiger partial charge in [0.2, 0.25) is 0 Å². The SMILES string of the molecule is CC(C)c1ccccc1OC[C@@H](O)Cn1c(=O)n(C)c2ccccc21. The molecule has 0 saturated heterocycles. The van der Waals surface area contributed by atoms with Gasteiger partial charge in [-0.3, -0.25) is 9.13 Å². The first-order valence-electron chi connectivity index (χ1n) is 8.53. The van der Waals surface area contributed by atoms with Crippen molar-refractivity contribution in [2.75, 3.05) is 6.61 Å². The summed E-state index contributed by atoms with van der Waals surface area (Å²) < 4.78 is 9.01. The van der Waals surface area contributed by atoms with Crippen LogP contribution in [0.3, 0.4) is 0 Å². The molecule has 0 spiro atoms. The Balaban J connectivity index is 1.75. The van der Waals surface area contributed by atoms with Crippen LogP contribution in [0, 0.1) is 0 Å². The van der Waals surface area contributed by atoms with Crippen LogP contribution < -0.4 is 10.4 Å². The number of aliphatic hydroxyl groups excluding tert-OH is 1.